The Hall–Kier alpha value is -3.00. The molecule has 6 nitrogen and oxygen atoms in total. The van der Waals surface area contributed by atoms with Gasteiger partial charge in [-0.3, -0.25) is 10.1 Å². The van der Waals surface area contributed by atoms with Gasteiger partial charge in [0.25, 0.3) is 0 Å². The van der Waals surface area contributed by atoms with Gasteiger partial charge in [-0.15, -0.1) is 11.3 Å². The van der Waals surface area contributed by atoms with Gasteiger partial charge in [0, 0.05) is 16.8 Å². The maximum absolute atomic E-state index is 12.9. The summed E-state index contributed by atoms with van der Waals surface area (Å²) in [5.74, 6) is -2.04. The largest absolute Gasteiger partial charge is 0.388 e. The van der Waals surface area contributed by atoms with Gasteiger partial charge in [0.05, 0.1) is 9.90 Å². The molecule has 34 heavy (non-hydrogen) atoms. The molecule has 0 radical (unpaired) electrons. The third-order valence-electron chi connectivity index (χ3n) is 5.19. The van der Waals surface area contributed by atoms with Gasteiger partial charge in [-0.1, -0.05) is 54.1 Å². The van der Waals surface area contributed by atoms with Crippen molar-refractivity contribution in [3.8, 4) is 11.1 Å². The lowest BCUT2D eigenvalue weighted by Crippen LogP contribution is -2.51. The number of carbonyl (C=O) groups is 3. The summed E-state index contributed by atoms with van der Waals surface area (Å²) in [6.07, 6.45) is 0.691. The molecule has 0 aliphatic heterocycles. The molecular weight excluding hydrogens is 472 g/mol. The van der Waals surface area contributed by atoms with E-state index in [1.807, 2.05) is 56.3 Å². The van der Waals surface area contributed by atoms with E-state index in [4.69, 9.17) is 22.1 Å². The lowest BCUT2D eigenvalue weighted by molar-refractivity contribution is -0.141. The van der Waals surface area contributed by atoms with Crippen molar-refractivity contribution in [1.29, 1.82) is 0 Å². The summed E-state index contributed by atoms with van der Waals surface area (Å²) in [6, 6.07) is 19.4. The summed E-state index contributed by atoms with van der Waals surface area (Å²) in [5.41, 5.74) is 6.97. The average molecular weight is 499 g/mol. The molecule has 1 atom stereocenters. The van der Waals surface area contributed by atoms with E-state index in [9.17, 15) is 14.4 Å². The number of carbonyl (C=O) groups excluding carboxylic acids is 3. The fraction of sp³-hybridized carbons (Fsp3) is 0.269. The molecule has 3 N–H and O–H groups in total. The second-order valence-electron chi connectivity index (χ2n) is 8.62. The zero-order valence-electron chi connectivity index (χ0n) is 19.0. The van der Waals surface area contributed by atoms with Crippen LogP contribution in [0.2, 0.25) is 4.34 Å². The van der Waals surface area contributed by atoms with Gasteiger partial charge in [-0.2, -0.15) is 0 Å². The molecule has 8 heteroatoms. The van der Waals surface area contributed by atoms with Crippen molar-refractivity contribution in [3.63, 3.8) is 0 Å². The van der Waals surface area contributed by atoms with Gasteiger partial charge in [0.2, 0.25) is 5.91 Å². The molecule has 0 aliphatic rings. The minimum absolute atomic E-state index is 0.0202. The first-order chi connectivity index (χ1) is 16.1. The third-order valence-corrected chi connectivity index (χ3v) is 6.43. The normalized spacial score (nSPS) is 12.2. The lowest BCUT2D eigenvalue weighted by atomic mass is 9.97. The summed E-state index contributed by atoms with van der Waals surface area (Å²) in [7, 11) is 0. The molecule has 1 amide bonds. The Kier molecular flexibility index (Phi) is 8.61. The Morgan fingerprint density at radius 3 is 2.24 bits per heavy atom. The van der Waals surface area contributed by atoms with Crippen LogP contribution < -0.4 is 11.1 Å². The molecule has 0 fully saturated rings. The van der Waals surface area contributed by atoms with Crippen LogP contribution in [0, 0.1) is 0 Å². The van der Waals surface area contributed by atoms with Crippen LogP contribution in [0.1, 0.15) is 41.9 Å². The second kappa shape index (κ2) is 11.4. The topological polar surface area (TPSA) is 98.5 Å². The molecule has 178 valence electrons. The van der Waals surface area contributed by atoms with Crippen molar-refractivity contribution < 1.29 is 19.1 Å². The highest BCUT2D eigenvalue weighted by Crippen LogP contribution is 2.26. The van der Waals surface area contributed by atoms with E-state index in [0.717, 1.165) is 16.0 Å². The fourth-order valence-corrected chi connectivity index (χ4v) is 4.91. The lowest BCUT2D eigenvalue weighted by Gasteiger charge is -2.30. The van der Waals surface area contributed by atoms with Crippen LogP contribution in [-0.2, 0) is 20.7 Å². The van der Waals surface area contributed by atoms with Crippen LogP contribution in [0.4, 0.5) is 0 Å². The predicted octanol–water partition coefficient (Wildman–Crippen LogP) is 5.00. The number of esters is 2. The Bertz CT molecular complexity index is 1140. The summed E-state index contributed by atoms with van der Waals surface area (Å²) in [5, 5.41) is 3.22. The highest BCUT2D eigenvalue weighted by Gasteiger charge is 2.30. The Morgan fingerprint density at radius 2 is 1.65 bits per heavy atom. The SMILES string of the molecule is CC(C)(Cc1ccc(Cl)s1)N[C@@H](CCC(N)=O)C(=O)OC(=O)c1ccc(-c2ccccc2)cc1. The zero-order valence-corrected chi connectivity index (χ0v) is 20.6. The Balaban J connectivity index is 1.68. The highest BCUT2D eigenvalue weighted by molar-refractivity contribution is 7.16. The first-order valence-corrected chi connectivity index (χ1v) is 12.0. The van der Waals surface area contributed by atoms with Crippen LogP contribution >= 0.6 is 22.9 Å². The first kappa shape index (κ1) is 25.6. The Morgan fingerprint density at radius 1 is 1.00 bits per heavy atom. The molecule has 0 saturated heterocycles. The third kappa shape index (κ3) is 7.52. The van der Waals surface area contributed by atoms with E-state index in [0.29, 0.717) is 10.8 Å². The summed E-state index contributed by atoms with van der Waals surface area (Å²) < 4.78 is 5.85. The number of thiophene rings is 1. The minimum Gasteiger partial charge on any atom is -0.388 e. The van der Waals surface area contributed by atoms with Crippen molar-refractivity contribution in [2.24, 2.45) is 5.73 Å². The van der Waals surface area contributed by atoms with E-state index < -0.39 is 29.4 Å². The van der Waals surface area contributed by atoms with Crippen LogP contribution in [0.3, 0.4) is 0 Å². The number of benzene rings is 2. The molecule has 0 bridgehead atoms. The molecule has 3 aromatic rings. The summed E-state index contributed by atoms with van der Waals surface area (Å²) >= 11 is 7.48. The fourth-order valence-electron chi connectivity index (χ4n) is 3.59. The monoisotopic (exact) mass is 498 g/mol. The van der Waals surface area contributed by atoms with Gasteiger partial charge in [0.1, 0.15) is 6.04 Å². The van der Waals surface area contributed by atoms with E-state index in [-0.39, 0.29) is 18.4 Å². The van der Waals surface area contributed by atoms with Gasteiger partial charge < -0.3 is 10.5 Å². The number of rotatable bonds is 10. The molecule has 0 spiro atoms. The molecule has 0 unspecified atom stereocenters. The van der Waals surface area contributed by atoms with Crippen molar-refractivity contribution in [3.05, 3.63) is 81.5 Å². The summed E-state index contributed by atoms with van der Waals surface area (Å²) in [6.45, 7) is 3.85. The van der Waals surface area contributed by atoms with Crippen LogP contribution in [-0.4, -0.2) is 29.4 Å². The summed E-state index contributed by atoms with van der Waals surface area (Å²) in [4.78, 5) is 37.9. The maximum atomic E-state index is 12.9. The number of ether oxygens (including phenoxy) is 1. The van der Waals surface area contributed by atoms with E-state index in [1.165, 1.54) is 11.3 Å². The molecule has 3 rings (SSSR count). The highest BCUT2D eigenvalue weighted by atomic mass is 35.5. The van der Waals surface area contributed by atoms with Gasteiger partial charge in [0.15, 0.2) is 0 Å². The van der Waals surface area contributed by atoms with Crippen molar-refractivity contribution >= 4 is 40.8 Å². The number of nitrogens with one attached hydrogen (secondary N) is 1. The quantitative estimate of drug-likeness (QED) is 0.303. The van der Waals surface area contributed by atoms with Crippen LogP contribution in [0.5, 0.6) is 0 Å². The number of halogens is 1. The number of primary amides is 1. The van der Waals surface area contributed by atoms with Crippen molar-refractivity contribution in [1.82, 2.24) is 5.32 Å². The zero-order chi connectivity index (χ0) is 24.7. The average Bonchev–Trinajstić information content (AvgIpc) is 3.20. The van der Waals surface area contributed by atoms with Crippen LogP contribution in [0.15, 0.2) is 66.7 Å². The second-order valence-corrected chi connectivity index (χ2v) is 10.4. The minimum atomic E-state index is -0.884. The van der Waals surface area contributed by atoms with E-state index >= 15 is 0 Å². The predicted molar refractivity (Wildman–Crippen MR) is 135 cm³/mol. The van der Waals surface area contributed by atoms with Crippen molar-refractivity contribution in [2.45, 2.75) is 44.7 Å². The first-order valence-electron chi connectivity index (χ1n) is 10.8. The smallest absolute Gasteiger partial charge is 0.345 e. The van der Waals surface area contributed by atoms with Gasteiger partial charge in [-0.25, -0.2) is 9.59 Å². The molecule has 0 aliphatic carbocycles. The standard InChI is InChI=1S/C26H27ClN2O4S/c1-26(2,16-20-12-14-22(27)34-20)29-21(13-15-23(28)30)25(32)33-24(31)19-10-8-18(9-11-19)17-6-4-3-5-7-17/h3-12,14,21,29H,13,15-16H2,1-2H3,(H2,28,30)/t21-/m0/s1. The molecule has 1 heterocycles. The van der Waals surface area contributed by atoms with Gasteiger partial charge in [-0.05, 0) is 62.1 Å². The van der Waals surface area contributed by atoms with E-state index in [2.05, 4.69) is 5.32 Å². The Labute approximate surface area is 208 Å². The van der Waals surface area contributed by atoms with E-state index in [1.54, 1.807) is 24.3 Å². The maximum Gasteiger partial charge on any atom is 0.345 e. The van der Waals surface area contributed by atoms with Crippen LogP contribution in [0.25, 0.3) is 11.1 Å². The molecule has 0 saturated carbocycles. The van der Waals surface area contributed by atoms with Crippen molar-refractivity contribution in [2.75, 3.05) is 0 Å². The number of amides is 1. The molecular formula is C26H27ClN2O4S. The number of nitrogens with two attached hydrogens (primary N) is 1. The molecule has 1 aromatic heterocycles. The molecule has 2 aromatic carbocycles. The number of hydrogen-bond acceptors (Lipinski definition) is 6. The van der Waals surface area contributed by atoms with Gasteiger partial charge >= 0.3 is 11.9 Å². The number of hydrogen-bond donors (Lipinski definition) is 2.